The summed E-state index contributed by atoms with van der Waals surface area (Å²) in [6.45, 7) is 0.895. The van der Waals surface area contributed by atoms with E-state index in [0.717, 1.165) is 10.9 Å². The molecule has 2 aromatic carbocycles. The van der Waals surface area contributed by atoms with Crippen LogP contribution in [0.25, 0.3) is 10.8 Å². The molecule has 3 heterocycles. The number of rotatable bonds is 6. The maximum absolute atomic E-state index is 14.7. The Labute approximate surface area is 206 Å². The number of fused-ring (bicyclic) bond motifs is 1. The number of H-pyrrole nitrogens is 1. The number of hydrogen-bond donors (Lipinski definition) is 1. The molecule has 1 aliphatic rings. The summed E-state index contributed by atoms with van der Waals surface area (Å²) in [5.41, 5.74) is 1.14. The van der Waals surface area contributed by atoms with Gasteiger partial charge >= 0.3 is 0 Å². The Morgan fingerprint density at radius 3 is 2.67 bits per heavy atom. The van der Waals surface area contributed by atoms with Crippen LogP contribution in [-0.4, -0.2) is 52.3 Å². The Bertz CT molecular complexity index is 1460. The van der Waals surface area contributed by atoms with E-state index in [1.165, 1.54) is 6.07 Å². The molecule has 8 nitrogen and oxygen atoms in total. The molecular formula is C27H25FN4O4. The number of aromatic nitrogens is 3. The lowest BCUT2D eigenvalue weighted by Gasteiger charge is -2.32. The Hall–Kier alpha value is -4.27. The van der Waals surface area contributed by atoms with Gasteiger partial charge in [-0.05, 0) is 29.8 Å². The van der Waals surface area contributed by atoms with Gasteiger partial charge in [-0.3, -0.25) is 9.59 Å². The number of likely N-dealkylation sites (tertiary alicyclic amines) is 1. The number of ether oxygens (including phenoxy) is 2. The Morgan fingerprint density at radius 2 is 1.89 bits per heavy atom. The molecule has 0 spiro atoms. The third-order valence-electron chi connectivity index (χ3n) is 6.37. The fraction of sp³-hybridized carbons (Fsp3) is 0.259. The van der Waals surface area contributed by atoms with Crippen molar-refractivity contribution in [3.63, 3.8) is 0 Å². The molecule has 2 aromatic heterocycles. The number of nitrogens with one attached hydrogen (secondary N) is 1. The zero-order valence-electron chi connectivity index (χ0n) is 19.7. The molecule has 4 aromatic rings. The molecule has 1 N–H and O–H groups in total. The van der Waals surface area contributed by atoms with E-state index in [1.807, 2.05) is 12.1 Å². The molecule has 0 bridgehead atoms. The summed E-state index contributed by atoms with van der Waals surface area (Å²) in [4.78, 5) is 31.1. The van der Waals surface area contributed by atoms with Crippen LogP contribution in [0.15, 0.2) is 65.6 Å². The SMILES string of the molecule is COc1ccnc(OC2CCN(C(=O)c3cc(Cc4n[nH]c(=O)c5ccccc45)ccc3F)CC2)c1. The van der Waals surface area contributed by atoms with Crippen LogP contribution < -0.4 is 15.0 Å². The van der Waals surface area contributed by atoms with Crippen LogP contribution in [0.4, 0.5) is 4.39 Å². The third kappa shape index (κ3) is 4.91. The zero-order chi connectivity index (χ0) is 25.1. The molecule has 0 aliphatic carbocycles. The molecule has 1 fully saturated rings. The van der Waals surface area contributed by atoms with E-state index in [2.05, 4.69) is 15.2 Å². The first-order valence-electron chi connectivity index (χ1n) is 11.7. The molecule has 0 unspecified atom stereocenters. The van der Waals surface area contributed by atoms with E-state index in [-0.39, 0.29) is 23.1 Å². The number of halogens is 1. The summed E-state index contributed by atoms with van der Waals surface area (Å²) >= 11 is 0. The topological polar surface area (TPSA) is 97.4 Å². The van der Waals surface area contributed by atoms with E-state index < -0.39 is 5.82 Å². The summed E-state index contributed by atoms with van der Waals surface area (Å²) in [7, 11) is 1.58. The maximum atomic E-state index is 14.7. The molecule has 184 valence electrons. The van der Waals surface area contributed by atoms with E-state index in [1.54, 1.807) is 54.6 Å². The van der Waals surface area contributed by atoms with Crippen LogP contribution in [0.1, 0.15) is 34.5 Å². The first kappa shape index (κ1) is 23.5. The second-order valence-corrected chi connectivity index (χ2v) is 8.68. The van der Waals surface area contributed by atoms with E-state index in [9.17, 15) is 14.0 Å². The maximum Gasteiger partial charge on any atom is 0.272 e. The van der Waals surface area contributed by atoms with Crippen LogP contribution in [-0.2, 0) is 6.42 Å². The summed E-state index contributed by atoms with van der Waals surface area (Å²) in [5, 5.41) is 7.97. The molecule has 0 atom stereocenters. The molecular weight excluding hydrogens is 463 g/mol. The van der Waals surface area contributed by atoms with Gasteiger partial charge in [0.05, 0.1) is 23.8 Å². The average Bonchev–Trinajstić information content (AvgIpc) is 2.91. The zero-order valence-corrected chi connectivity index (χ0v) is 19.7. The summed E-state index contributed by atoms with van der Waals surface area (Å²) in [6.07, 6.45) is 3.10. The Balaban J connectivity index is 1.28. The van der Waals surface area contributed by atoms with Crippen molar-refractivity contribution >= 4 is 16.7 Å². The highest BCUT2D eigenvalue weighted by atomic mass is 19.1. The van der Waals surface area contributed by atoms with Gasteiger partial charge in [0, 0.05) is 50.0 Å². The van der Waals surface area contributed by atoms with Crippen molar-refractivity contribution in [1.29, 1.82) is 0 Å². The highest BCUT2D eigenvalue weighted by molar-refractivity contribution is 5.95. The van der Waals surface area contributed by atoms with Crippen LogP contribution >= 0.6 is 0 Å². The van der Waals surface area contributed by atoms with E-state index in [4.69, 9.17) is 9.47 Å². The van der Waals surface area contributed by atoms with Gasteiger partial charge in [-0.2, -0.15) is 5.10 Å². The van der Waals surface area contributed by atoms with Crippen molar-refractivity contribution < 1.29 is 18.7 Å². The van der Waals surface area contributed by atoms with Gasteiger partial charge in [-0.25, -0.2) is 14.5 Å². The standard InChI is InChI=1S/C27H25FN4O4/c1-35-19-8-11-29-25(16-19)36-18-9-12-32(13-10-18)27(34)22-14-17(6-7-23(22)28)15-24-20-4-2-3-5-21(20)26(33)31-30-24/h2-8,11,14,16,18H,9-10,12-13,15H2,1H3,(H,31,33). The summed E-state index contributed by atoms with van der Waals surface area (Å²) in [6, 6.07) is 15.2. The molecule has 0 radical (unpaired) electrons. The van der Waals surface area contributed by atoms with Crippen molar-refractivity contribution in [1.82, 2.24) is 20.1 Å². The number of amides is 1. The number of piperidine rings is 1. The molecule has 1 aliphatic heterocycles. The number of hydrogen-bond acceptors (Lipinski definition) is 6. The van der Waals surface area contributed by atoms with Crippen LogP contribution in [0, 0.1) is 5.82 Å². The van der Waals surface area contributed by atoms with Crippen LogP contribution in [0.3, 0.4) is 0 Å². The number of aromatic amines is 1. The predicted molar refractivity (Wildman–Crippen MR) is 132 cm³/mol. The van der Waals surface area contributed by atoms with Crippen molar-refractivity contribution in [2.45, 2.75) is 25.4 Å². The Morgan fingerprint density at radius 1 is 1.11 bits per heavy atom. The van der Waals surface area contributed by atoms with Gasteiger partial charge in [0.1, 0.15) is 17.7 Å². The molecule has 5 rings (SSSR count). The van der Waals surface area contributed by atoms with Crippen molar-refractivity contribution in [3.8, 4) is 11.6 Å². The lowest BCUT2D eigenvalue weighted by atomic mass is 10.0. The monoisotopic (exact) mass is 488 g/mol. The Kier molecular flexibility index (Phi) is 6.62. The van der Waals surface area contributed by atoms with Crippen molar-refractivity contribution in [2.24, 2.45) is 0 Å². The normalized spacial score (nSPS) is 14.1. The number of benzene rings is 2. The molecule has 0 saturated carbocycles. The third-order valence-corrected chi connectivity index (χ3v) is 6.37. The number of nitrogens with zero attached hydrogens (tertiary/aromatic N) is 3. The smallest absolute Gasteiger partial charge is 0.272 e. The second-order valence-electron chi connectivity index (χ2n) is 8.68. The molecule has 36 heavy (non-hydrogen) atoms. The fourth-order valence-electron chi connectivity index (χ4n) is 4.45. The molecule has 1 amide bonds. The average molecular weight is 489 g/mol. The lowest BCUT2D eigenvalue weighted by molar-refractivity contribution is 0.0583. The molecule has 1 saturated heterocycles. The highest BCUT2D eigenvalue weighted by Gasteiger charge is 2.27. The fourth-order valence-corrected chi connectivity index (χ4v) is 4.45. The minimum atomic E-state index is -0.568. The summed E-state index contributed by atoms with van der Waals surface area (Å²) < 4.78 is 25.8. The van der Waals surface area contributed by atoms with E-state index >= 15 is 0 Å². The van der Waals surface area contributed by atoms with Crippen LogP contribution in [0.2, 0.25) is 0 Å². The summed E-state index contributed by atoms with van der Waals surface area (Å²) in [5.74, 6) is 0.211. The number of pyridine rings is 1. The number of carbonyl (C=O) groups is 1. The van der Waals surface area contributed by atoms with E-state index in [0.29, 0.717) is 55.1 Å². The first-order chi connectivity index (χ1) is 17.5. The quantitative estimate of drug-likeness (QED) is 0.444. The largest absolute Gasteiger partial charge is 0.497 e. The second kappa shape index (κ2) is 10.2. The van der Waals surface area contributed by atoms with Crippen molar-refractivity contribution in [3.05, 3.63) is 93.8 Å². The first-order valence-corrected chi connectivity index (χ1v) is 11.7. The van der Waals surface area contributed by atoms with Crippen molar-refractivity contribution in [2.75, 3.05) is 20.2 Å². The number of methoxy groups -OCH3 is 1. The molecule has 9 heteroatoms. The van der Waals surface area contributed by atoms with Gasteiger partial charge < -0.3 is 14.4 Å². The minimum Gasteiger partial charge on any atom is -0.497 e. The van der Waals surface area contributed by atoms with Gasteiger partial charge in [0.15, 0.2) is 0 Å². The van der Waals surface area contributed by atoms with Gasteiger partial charge in [-0.15, -0.1) is 0 Å². The van der Waals surface area contributed by atoms with Gasteiger partial charge in [0.25, 0.3) is 11.5 Å². The minimum absolute atomic E-state index is 0.0232. The predicted octanol–water partition coefficient (Wildman–Crippen LogP) is 3.74. The van der Waals surface area contributed by atoms with Gasteiger partial charge in [0.2, 0.25) is 5.88 Å². The highest BCUT2D eigenvalue weighted by Crippen LogP contribution is 2.23. The van der Waals surface area contributed by atoms with Gasteiger partial charge in [-0.1, -0.05) is 24.3 Å². The number of carbonyl (C=O) groups excluding carboxylic acids is 1. The van der Waals surface area contributed by atoms with Crippen LogP contribution in [0.5, 0.6) is 11.6 Å². The lowest BCUT2D eigenvalue weighted by Crippen LogP contribution is -2.42.